The minimum absolute atomic E-state index is 0.309. The first-order chi connectivity index (χ1) is 15.6. The minimum Gasteiger partial charge on any atom is -0.492 e. The van der Waals surface area contributed by atoms with Gasteiger partial charge in [0.05, 0.1) is 0 Å². The van der Waals surface area contributed by atoms with Crippen LogP contribution in [0.25, 0.3) is 0 Å². The fourth-order valence-electron chi connectivity index (χ4n) is 3.99. The molecule has 0 amide bonds. The van der Waals surface area contributed by atoms with Crippen molar-refractivity contribution in [2.24, 2.45) is 0 Å². The highest BCUT2D eigenvalue weighted by atomic mass is 16.7. The molecule has 1 saturated heterocycles. The third-order valence-electron chi connectivity index (χ3n) is 5.70. The standard InChI is InChI=1S/C25H28N2O5/c28-23-14-15-24(29)27(23)32-25(30)22-9-5-17-26(22)16-4-8-19-10-12-21(13-11-19)31-18-20-6-2-1-3-7-20/h1-3,6-7,10-15,22,28-29H,4-5,8-9,16-18H2/t22-/m0/s1. The topological polar surface area (TPSA) is 84.2 Å². The van der Waals surface area contributed by atoms with Crippen molar-refractivity contribution in [3.8, 4) is 17.5 Å². The lowest BCUT2D eigenvalue weighted by atomic mass is 10.1. The van der Waals surface area contributed by atoms with Crippen LogP contribution >= 0.6 is 0 Å². The maximum Gasteiger partial charge on any atom is 0.350 e. The van der Waals surface area contributed by atoms with Crippen molar-refractivity contribution in [1.82, 2.24) is 9.63 Å². The van der Waals surface area contributed by atoms with E-state index in [9.17, 15) is 15.0 Å². The van der Waals surface area contributed by atoms with Gasteiger partial charge in [-0.25, -0.2) is 4.79 Å². The molecule has 0 spiro atoms. The molecule has 0 bridgehead atoms. The van der Waals surface area contributed by atoms with Gasteiger partial charge in [-0.2, -0.15) is 0 Å². The summed E-state index contributed by atoms with van der Waals surface area (Å²) in [6.45, 7) is 2.15. The number of carbonyl (C=O) groups excluding carboxylic acids is 1. The Labute approximate surface area is 187 Å². The Morgan fingerprint density at radius 3 is 2.38 bits per heavy atom. The van der Waals surface area contributed by atoms with E-state index in [0.717, 1.165) is 48.4 Å². The molecule has 3 aromatic rings. The number of aryl methyl sites for hydroxylation is 1. The molecular formula is C25H28N2O5. The Balaban J connectivity index is 1.23. The van der Waals surface area contributed by atoms with Gasteiger partial charge in [0.15, 0.2) is 0 Å². The molecule has 2 aromatic carbocycles. The zero-order valence-corrected chi connectivity index (χ0v) is 17.9. The molecule has 7 nitrogen and oxygen atoms in total. The van der Waals surface area contributed by atoms with Crippen molar-refractivity contribution in [3.05, 3.63) is 77.9 Å². The van der Waals surface area contributed by atoms with Gasteiger partial charge in [-0.05, 0) is 62.0 Å². The normalized spacial score (nSPS) is 16.2. The van der Waals surface area contributed by atoms with Crippen LogP contribution in [0.5, 0.6) is 17.5 Å². The van der Waals surface area contributed by atoms with Crippen LogP contribution in [0.3, 0.4) is 0 Å². The van der Waals surface area contributed by atoms with E-state index in [1.54, 1.807) is 0 Å². The van der Waals surface area contributed by atoms with Crippen LogP contribution in [-0.4, -0.2) is 44.9 Å². The molecule has 0 unspecified atom stereocenters. The molecule has 1 aliphatic heterocycles. The Bertz CT molecular complexity index is 997. The highest BCUT2D eigenvalue weighted by Gasteiger charge is 2.32. The number of aromatic hydroxyl groups is 2. The molecule has 0 aliphatic carbocycles. The first-order valence-electron chi connectivity index (χ1n) is 10.9. The fourth-order valence-corrected chi connectivity index (χ4v) is 3.99. The Kier molecular flexibility index (Phi) is 6.97. The van der Waals surface area contributed by atoms with Gasteiger partial charge in [-0.3, -0.25) is 4.90 Å². The first kappa shape index (κ1) is 21.8. The van der Waals surface area contributed by atoms with Gasteiger partial charge >= 0.3 is 5.97 Å². The predicted molar refractivity (Wildman–Crippen MR) is 119 cm³/mol. The summed E-state index contributed by atoms with van der Waals surface area (Å²) in [6.07, 6.45) is 3.43. The van der Waals surface area contributed by atoms with E-state index in [-0.39, 0.29) is 17.8 Å². The summed E-state index contributed by atoms with van der Waals surface area (Å²) in [4.78, 5) is 19.8. The van der Waals surface area contributed by atoms with Gasteiger partial charge in [-0.15, -0.1) is 4.73 Å². The number of aromatic nitrogens is 1. The number of benzene rings is 2. The Morgan fingerprint density at radius 1 is 0.938 bits per heavy atom. The molecule has 0 saturated carbocycles. The van der Waals surface area contributed by atoms with Crippen LogP contribution in [0.1, 0.15) is 30.4 Å². The SMILES string of the molecule is O=C(On1c(O)ccc1O)[C@@H]1CCCN1CCCc1ccc(OCc2ccccc2)cc1. The van der Waals surface area contributed by atoms with Gasteiger partial charge in [-0.1, -0.05) is 42.5 Å². The average Bonchev–Trinajstić information content (AvgIpc) is 3.41. The van der Waals surface area contributed by atoms with Crippen LogP contribution in [0, 0.1) is 0 Å². The molecule has 1 atom stereocenters. The zero-order chi connectivity index (χ0) is 22.3. The monoisotopic (exact) mass is 436 g/mol. The average molecular weight is 437 g/mol. The maximum atomic E-state index is 12.5. The summed E-state index contributed by atoms with van der Waals surface area (Å²) >= 11 is 0. The predicted octanol–water partition coefficient (Wildman–Crippen LogP) is 3.53. The molecule has 4 rings (SSSR count). The van der Waals surface area contributed by atoms with E-state index in [4.69, 9.17) is 9.57 Å². The van der Waals surface area contributed by atoms with Crippen LogP contribution in [0.2, 0.25) is 0 Å². The summed E-state index contributed by atoms with van der Waals surface area (Å²) in [5, 5.41) is 19.3. The van der Waals surface area contributed by atoms with E-state index in [1.807, 2.05) is 42.5 Å². The van der Waals surface area contributed by atoms with Crippen LogP contribution < -0.4 is 9.57 Å². The van der Waals surface area contributed by atoms with Crippen molar-refractivity contribution in [1.29, 1.82) is 0 Å². The third kappa shape index (κ3) is 5.42. The molecule has 168 valence electrons. The summed E-state index contributed by atoms with van der Waals surface area (Å²) < 4.78 is 6.59. The highest BCUT2D eigenvalue weighted by Crippen LogP contribution is 2.23. The first-order valence-corrected chi connectivity index (χ1v) is 10.9. The Hall–Kier alpha value is -3.45. The second-order valence-corrected chi connectivity index (χ2v) is 7.97. The van der Waals surface area contributed by atoms with Gasteiger partial charge in [0.1, 0.15) is 18.4 Å². The second kappa shape index (κ2) is 10.2. The molecule has 2 heterocycles. The third-order valence-corrected chi connectivity index (χ3v) is 5.70. The van der Waals surface area contributed by atoms with Gasteiger partial charge in [0, 0.05) is 12.1 Å². The summed E-state index contributed by atoms with van der Waals surface area (Å²) in [5.41, 5.74) is 2.36. The fraction of sp³-hybridized carbons (Fsp3) is 0.320. The second-order valence-electron chi connectivity index (χ2n) is 7.97. The molecule has 7 heteroatoms. The summed E-state index contributed by atoms with van der Waals surface area (Å²) in [6, 6.07) is 20.4. The van der Waals surface area contributed by atoms with Crippen molar-refractivity contribution >= 4 is 5.97 Å². The van der Waals surface area contributed by atoms with Gasteiger partial charge in [0.25, 0.3) is 0 Å². The minimum atomic E-state index is -0.468. The summed E-state index contributed by atoms with van der Waals surface area (Å²) in [5.74, 6) is -0.242. The smallest absolute Gasteiger partial charge is 0.350 e. The van der Waals surface area contributed by atoms with E-state index in [1.165, 1.54) is 17.7 Å². The molecule has 1 aliphatic rings. The van der Waals surface area contributed by atoms with Crippen molar-refractivity contribution in [2.45, 2.75) is 38.3 Å². The van der Waals surface area contributed by atoms with Crippen molar-refractivity contribution in [2.75, 3.05) is 13.1 Å². The van der Waals surface area contributed by atoms with Gasteiger partial charge < -0.3 is 19.8 Å². The number of likely N-dealkylation sites (tertiary alicyclic amines) is 1. The number of ether oxygens (including phenoxy) is 1. The number of hydrogen-bond acceptors (Lipinski definition) is 6. The number of carbonyl (C=O) groups is 1. The number of hydrogen-bond donors (Lipinski definition) is 2. The van der Waals surface area contributed by atoms with Crippen molar-refractivity contribution in [3.63, 3.8) is 0 Å². The van der Waals surface area contributed by atoms with Gasteiger partial charge in [0.2, 0.25) is 11.8 Å². The Morgan fingerprint density at radius 2 is 1.66 bits per heavy atom. The molecule has 0 radical (unpaired) electrons. The lowest BCUT2D eigenvalue weighted by molar-refractivity contribution is -0.150. The quantitative estimate of drug-likeness (QED) is 0.534. The lowest BCUT2D eigenvalue weighted by Gasteiger charge is -2.22. The molecule has 2 N–H and O–H groups in total. The number of rotatable bonds is 9. The van der Waals surface area contributed by atoms with E-state index < -0.39 is 5.97 Å². The maximum absolute atomic E-state index is 12.5. The zero-order valence-electron chi connectivity index (χ0n) is 17.9. The molecular weight excluding hydrogens is 408 g/mol. The largest absolute Gasteiger partial charge is 0.492 e. The molecule has 32 heavy (non-hydrogen) atoms. The van der Waals surface area contributed by atoms with Crippen LogP contribution in [0.4, 0.5) is 0 Å². The van der Waals surface area contributed by atoms with E-state index >= 15 is 0 Å². The summed E-state index contributed by atoms with van der Waals surface area (Å²) in [7, 11) is 0. The molecule has 1 fully saturated rings. The van der Waals surface area contributed by atoms with Crippen molar-refractivity contribution < 1.29 is 24.6 Å². The highest BCUT2D eigenvalue weighted by molar-refractivity contribution is 5.76. The van der Waals surface area contributed by atoms with E-state index in [0.29, 0.717) is 13.0 Å². The van der Waals surface area contributed by atoms with E-state index in [2.05, 4.69) is 17.0 Å². The van der Waals surface area contributed by atoms with Crippen LogP contribution in [0.15, 0.2) is 66.7 Å². The lowest BCUT2D eigenvalue weighted by Crippen LogP contribution is -2.41. The molecule has 1 aromatic heterocycles. The number of nitrogens with zero attached hydrogens (tertiary/aromatic N) is 2. The van der Waals surface area contributed by atoms with Crippen LogP contribution in [-0.2, 0) is 17.8 Å².